The van der Waals surface area contributed by atoms with Crippen LogP contribution < -0.4 is 5.32 Å². The molecule has 0 fully saturated rings. The molecule has 1 N–H and O–H groups in total. The number of amides is 1. The highest BCUT2D eigenvalue weighted by atomic mass is 16.2. The molecule has 1 atom stereocenters. The summed E-state index contributed by atoms with van der Waals surface area (Å²) in [6.45, 7) is 6.53. The number of aromatic nitrogens is 4. The number of carbonyl (C=O) groups excluding carboxylic acids is 1. The number of nitrogens with zero attached hydrogens (tertiary/aromatic N) is 4. The second-order valence-corrected chi connectivity index (χ2v) is 4.57. The van der Waals surface area contributed by atoms with Gasteiger partial charge in [-0.2, -0.15) is 10.2 Å². The maximum Gasteiger partial charge on any atom is 0.270 e. The summed E-state index contributed by atoms with van der Waals surface area (Å²) in [7, 11) is 1.87. The molecule has 2 aromatic rings. The minimum atomic E-state index is -0.116. The summed E-state index contributed by atoms with van der Waals surface area (Å²) in [4.78, 5) is 12.2. The standard InChI is InChI=1S/C13H19N5O/c1-5-18-12(6-7-14-18)13(19)15-9(2)11-8-17(4)16-10(11)3/h6-9H,5H2,1-4H3,(H,15,19). The van der Waals surface area contributed by atoms with Gasteiger partial charge in [-0.25, -0.2) is 0 Å². The molecule has 102 valence electrons. The minimum Gasteiger partial charge on any atom is -0.344 e. The van der Waals surface area contributed by atoms with Gasteiger partial charge < -0.3 is 5.32 Å². The highest BCUT2D eigenvalue weighted by Crippen LogP contribution is 2.16. The van der Waals surface area contributed by atoms with Gasteiger partial charge in [-0.1, -0.05) is 0 Å². The molecule has 6 nitrogen and oxygen atoms in total. The first-order chi connectivity index (χ1) is 9.02. The molecule has 0 bridgehead atoms. The molecule has 1 amide bonds. The van der Waals surface area contributed by atoms with E-state index in [0.717, 1.165) is 11.3 Å². The van der Waals surface area contributed by atoms with Gasteiger partial charge in [-0.3, -0.25) is 14.2 Å². The van der Waals surface area contributed by atoms with Crippen LogP contribution in [0, 0.1) is 6.92 Å². The predicted octanol–water partition coefficient (Wildman–Crippen LogP) is 1.44. The number of aryl methyl sites for hydroxylation is 3. The molecule has 0 aromatic carbocycles. The van der Waals surface area contributed by atoms with Crippen molar-refractivity contribution in [3.05, 3.63) is 35.4 Å². The van der Waals surface area contributed by atoms with Crippen LogP contribution in [0.2, 0.25) is 0 Å². The second kappa shape index (κ2) is 5.26. The van der Waals surface area contributed by atoms with Crippen LogP contribution in [0.1, 0.15) is 41.6 Å². The largest absolute Gasteiger partial charge is 0.344 e. The smallest absolute Gasteiger partial charge is 0.270 e. The van der Waals surface area contributed by atoms with E-state index in [4.69, 9.17) is 0 Å². The molecule has 0 aliphatic heterocycles. The SMILES string of the molecule is CCn1nccc1C(=O)NC(C)c1cn(C)nc1C. The summed E-state index contributed by atoms with van der Waals surface area (Å²) in [6.07, 6.45) is 3.57. The molecule has 0 saturated carbocycles. The first kappa shape index (κ1) is 13.3. The Morgan fingerprint density at radius 2 is 2.26 bits per heavy atom. The van der Waals surface area contributed by atoms with Gasteiger partial charge in [0.1, 0.15) is 5.69 Å². The third-order valence-electron chi connectivity index (χ3n) is 3.11. The van der Waals surface area contributed by atoms with E-state index in [1.807, 2.05) is 34.0 Å². The maximum atomic E-state index is 12.2. The van der Waals surface area contributed by atoms with Crippen LogP contribution in [0.25, 0.3) is 0 Å². The monoisotopic (exact) mass is 261 g/mol. The number of carbonyl (C=O) groups is 1. The fourth-order valence-electron chi connectivity index (χ4n) is 2.17. The van der Waals surface area contributed by atoms with Crippen LogP contribution in [0.3, 0.4) is 0 Å². The Morgan fingerprint density at radius 3 is 2.84 bits per heavy atom. The molecule has 0 aliphatic rings. The molecule has 0 spiro atoms. The van der Waals surface area contributed by atoms with Crippen molar-refractivity contribution in [2.45, 2.75) is 33.4 Å². The lowest BCUT2D eigenvalue weighted by molar-refractivity contribution is 0.0929. The van der Waals surface area contributed by atoms with Crippen molar-refractivity contribution in [2.75, 3.05) is 0 Å². The van der Waals surface area contributed by atoms with E-state index in [0.29, 0.717) is 12.2 Å². The minimum absolute atomic E-state index is 0.0820. The summed E-state index contributed by atoms with van der Waals surface area (Å²) in [5.41, 5.74) is 2.54. The van der Waals surface area contributed by atoms with E-state index in [1.54, 1.807) is 21.6 Å². The molecular formula is C13H19N5O. The molecule has 19 heavy (non-hydrogen) atoms. The molecule has 2 aromatic heterocycles. The Labute approximate surface area is 112 Å². The van der Waals surface area contributed by atoms with E-state index in [1.165, 1.54) is 0 Å². The fourth-order valence-corrected chi connectivity index (χ4v) is 2.17. The van der Waals surface area contributed by atoms with Crippen molar-refractivity contribution in [1.29, 1.82) is 0 Å². The van der Waals surface area contributed by atoms with E-state index in [2.05, 4.69) is 15.5 Å². The molecule has 2 rings (SSSR count). The highest BCUT2D eigenvalue weighted by molar-refractivity contribution is 5.92. The number of nitrogens with one attached hydrogen (secondary N) is 1. The molecule has 1 unspecified atom stereocenters. The third kappa shape index (κ3) is 2.67. The summed E-state index contributed by atoms with van der Waals surface area (Å²) in [5, 5.41) is 11.4. The lowest BCUT2D eigenvalue weighted by Gasteiger charge is -2.13. The lowest BCUT2D eigenvalue weighted by Crippen LogP contribution is -2.29. The lowest BCUT2D eigenvalue weighted by atomic mass is 10.1. The number of rotatable bonds is 4. The van der Waals surface area contributed by atoms with Gasteiger partial charge in [0.2, 0.25) is 0 Å². The number of hydrogen-bond acceptors (Lipinski definition) is 3. The van der Waals surface area contributed by atoms with Gasteiger partial charge in [0.15, 0.2) is 0 Å². The molecule has 2 heterocycles. The zero-order valence-corrected chi connectivity index (χ0v) is 11.7. The van der Waals surface area contributed by atoms with Crippen molar-refractivity contribution >= 4 is 5.91 Å². The average molecular weight is 261 g/mol. The fraction of sp³-hybridized carbons (Fsp3) is 0.462. The quantitative estimate of drug-likeness (QED) is 0.905. The van der Waals surface area contributed by atoms with E-state index >= 15 is 0 Å². The van der Waals surface area contributed by atoms with E-state index in [9.17, 15) is 4.79 Å². The summed E-state index contributed by atoms with van der Waals surface area (Å²) < 4.78 is 3.43. The maximum absolute atomic E-state index is 12.2. The van der Waals surface area contributed by atoms with Crippen LogP contribution in [-0.4, -0.2) is 25.5 Å². The Balaban J connectivity index is 2.13. The molecular weight excluding hydrogens is 242 g/mol. The van der Waals surface area contributed by atoms with Crippen molar-refractivity contribution < 1.29 is 4.79 Å². The van der Waals surface area contributed by atoms with Crippen molar-refractivity contribution in [3.8, 4) is 0 Å². The van der Waals surface area contributed by atoms with Gasteiger partial charge in [0.25, 0.3) is 5.91 Å². The first-order valence-electron chi connectivity index (χ1n) is 6.35. The molecule has 6 heteroatoms. The van der Waals surface area contributed by atoms with Crippen LogP contribution in [0.5, 0.6) is 0 Å². The Kier molecular flexibility index (Phi) is 3.69. The van der Waals surface area contributed by atoms with E-state index < -0.39 is 0 Å². The van der Waals surface area contributed by atoms with Crippen molar-refractivity contribution in [1.82, 2.24) is 24.9 Å². The zero-order valence-electron chi connectivity index (χ0n) is 11.7. The third-order valence-corrected chi connectivity index (χ3v) is 3.11. The number of hydrogen-bond donors (Lipinski definition) is 1. The van der Waals surface area contributed by atoms with Crippen LogP contribution in [0.15, 0.2) is 18.5 Å². The highest BCUT2D eigenvalue weighted by Gasteiger charge is 2.17. The Bertz CT molecular complexity index is 584. The molecule has 0 radical (unpaired) electrons. The van der Waals surface area contributed by atoms with Gasteiger partial charge in [0, 0.05) is 31.5 Å². The van der Waals surface area contributed by atoms with E-state index in [-0.39, 0.29) is 11.9 Å². The first-order valence-corrected chi connectivity index (χ1v) is 6.35. The summed E-state index contributed by atoms with van der Waals surface area (Å²) in [5.74, 6) is -0.116. The predicted molar refractivity (Wildman–Crippen MR) is 71.7 cm³/mol. The van der Waals surface area contributed by atoms with Crippen LogP contribution >= 0.6 is 0 Å². The Morgan fingerprint density at radius 1 is 1.53 bits per heavy atom. The van der Waals surface area contributed by atoms with Gasteiger partial charge >= 0.3 is 0 Å². The average Bonchev–Trinajstić information content (AvgIpc) is 2.95. The normalized spacial score (nSPS) is 12.4. The van der Waals surface area contributed by atoms with Crippen molar-refractivity contribution in [3.63, 3.8) is 0 Å². The van der Waals surface area contributed by atoms with Gasteiger partial charge in [0.05, 0.1) is 11.7 Å². The Hall–Kier alpha value is -2.11. The zero-order chi connectivity index (χ0) is 14.0. The van der Waals surface area contributed by atoms with Gasteiger partial charge in [-0.15, -0.1) is 0 Å². The van der Waals surface area contributed by atoms with Crippen LogP contribution in [0.4, 0.5) is 0 Å². The molecule has 0 saturated heterocycles. The van der Waals surface area contributed by atoms with Crippen molar-refractivity contribution in [2.24, 2.45) is 7.05 Å². The topological polar surface area (TPSA) is 64.7 Å². The second-order valence-electron chi connectivity index (χ2n) is 4.57. The molecule has 0 aliphatic carbocycles. The summed E-state index contributed by atoms with van der Waals surface area (Å²) in [6, 6.07) is 1.64. The summed E-state index contributed by atoms with van der Waals surface area (Å²) >= 11 is 0. The van der Waals surface area contributed by atoms with Crippen LogP contribution in [-0.2, 0) is 13.6 Å². The van der Waals surface area contributed by atoms with Gasteiger partial charge in [-0.05, 0) is 26.8 Å².